The Bertz CT molecular complexity index is 670. The molecule has 0 aliphatic carbocycles. The quantitative estimate of drug-likeness (QED) is 0.0772. The van der Waals surface area contributed by atoms with Crippen molar-refractivity contribution in [2.45, 2.75) is 26.9 Å². The lowest BCUT2D eigenvalue weighted by Gasteiger charge is -2.08. The number of hydrogen-bond acceptors (Lipinski definition) is 9. The molecule has 0 aromatic carbocycles. The number of aromatic nitrogens is 2. The second kappa shape index (κ2) is 23.5. The molecule has 0 amide bonds. The minimum absolute atomic E-state index is 0.207. The van der Waals surface area contributed by atoms with E-state index in [4.69, 9.17) is 37.9 Å². The molecule has 0 N–H and O–H groups in total. The molecule has 208 valence electrons. The van der Waals surface area contributed by atoms with Gasteiger partial charge in [0.1, 0.15) is 25.5 Å². The van der Waals surface area contributed by atoms with Crippen LogP contribution in [-0.2, 0) is 55.8 Å². The third kappa shape index (κ3) is 19.3. The van der Waals surface area contributed by atoms with Crippen LogP contribution in [0.5, 0.6) is 0 Å². The summed E-state index contributed by atoms with van der Waals surface area (Å²) in [5, 5.41) is 0. The Kier molecular flexibility index (Phi) is 21.0. The van der Waals surface area contributed by atoms with Crippen molar-refractivity contribution in [3.8, 4) is 0 Å². The van der Waals surface area contributed by atoms with Crippen LogP contribution >= 0.6 is 0 Å². The molecule has 0 saturated heterocycles. The number of hydrogen-bond donors (Lipinski definition) is 0. The van der Waals surface area contributed by atoms with Crippen molar-refractivity contribution < 1.29 is 47.3 Å². The number of rotatable bonds is 26. The van der Waals surface area contributed by atoms with E-state index in [1.165, 1.54) is 0 Å². The fourth-order valence-corrected chi connectivity index (χ4v) is 2.67. The van der Waals surface area contributed by atoms with Crippen LogP contribution in [0.1, 0.15) is 13.8 Å². The van der Waals surface area contributed by atoms with Gasteiger partial charge in [-0.05, 0) is 13.8 Å². The standard InChI is InChI=1S/C25H45N2O9/c1-4-26-5-6-27(23-26)7-8-29-9-10-30-11-12-31-13-14-32-15-16-33-17-18-34-19-20-35-21-22-36-25(28)24(2)3/h5-6,23H,2,4,7-22H2,1,3H3/q+1. The SMILES string of the molecule is C=C(C)C(=O)OCCOCCOCCOCCOCCOCCOCCOCC[n+]1ccn(CC)c1. The van der Waals surface area contributed by atoms with Crippen molar-refractivity contribution >= 4 is 5.97 Å². The average Bonchev–Trinajstić information content (AvgIpc) is 3.34. The molecule has 1 aromatic rings. The fourth-order valence-electron chi connectivity index (χ4n) is 2.67. The molecule has 1 heterocycles. The van der Waals surface area contributed by atoms with E-state index in [2.05, 4.69) is 35.2 Å². The Morgan fingerprint density at radius 3 is 1.44 bits per heavy atom. The van der Waals surface area contributed by atoms with Crippen molar-refractivity contribution in [1.29, 1.82) is 0 Å². The minimum Gasteiger partial charge on any atom is -0.460 e. The van der Waals surface area contributed by atoms with Gasteiger partial charge in [-0.3, -0.25) is 0 Å². The Morgan fingerprint density at radius 2 is 1.08 bits per heavy atom. The van der Waals surface area contributed by atoms with Gasteiger partial charge in [0.25, 0.3) is 0 Å². The van der Waals surface area contributed by atoms with E-state index in [0.717, 1.165) is 13.1 Å². The summed E-state index contributed by atoms with van der Waals surface area (Å²) in [6.45, 7) is 16.3. The lowest BCUT2D eigenvalue weighted by molar-refractivity contribution is -0.698. The number of carbonyl (C=O) groups is 1. The van der Waals surface area contributed by atoms with Crippen LogP contribution in [0.3, 0.4) is 0 Å². The van der Waals surface area contributed by atoms with Gasteiger partial charge in [-0.15, -0.1) is 0 Å². The Morgan fingerprint density at radius 1 is 0.694 bits per heavy atom. The zero-order valence-corrected chi connectivity index (χ0v) is 22.0. The smallest absolute Gasteiger partial charge is 0.333 e. The zero-order valence-electron chi connectivity index (χ0n) is 22.0. The molecular formula is C25H45N2O9+. The van der Waals surface area contributed by atoms with Crippen LogP contribution in [0, 0.1) is 0 Å². The first-order chi connectivity index (χ1) is 17.6. The Hall–Kier alpha value is -1.86. The largest absolute Gasteiger partial charge is 0.460 e. The molecule has 0 bridgehead atoms. The van der Waals surface area contributed by atoms with E-state index < -0.39 is 5.97 Å². The molecule has 0 radical (unpaired) electrons. The molecule has 0 spiro atoms. The number of nitrogens with zero attached hydrogens (tertiary/aromatic N) is 2. The van der Waals surface area contributed by atoms with Gasteiger partial charge in [0.15, 0.2) is 0 Å². The normalized spacial score (nSPS) is 11.2. The highest BCUT2D eigenvalue weighted by molar-refractivity contribution is 5.86. The van der Waals surface area contributed by atoms with E-state index in [-0.39, 0.29) is 6.61 Å². The number of esters is 1. The average molecular weight is 518 g/mol. The number of ether oxygens (including phenoxy) is 8. The minimum atomic E-state index is -0.407. The van der Waals surface area contributed by atoms with Gasteiger partial charge in [0.2, 0.25) is 6.33 Å². The molecule has 0 aliphatic rings. The van der Waals surface area contributed by atoms with Gasteiger partial charge in [0.05, 0.1) is 99.0 Å². The molecular weight excluding hydrogens is 472 g/mol. The van der Waals surface area contributed by atoms with Crippen LogP contribution < -0.4 is 4.57 Å². The van der Waals surface area contributed by atoms with Gasteiger partial charge in [0, 0.05) is 5.57 Å². The molecule has 11 heteroatoms. The van der Waals surface area contributed by atoms with E-state index in [9.17, 15) is 4.79 Å². The predicted molar refractivity (Wildman–Crippen MR) is 132 cm³/mol. The third-order valence-electron chi connectivity index (χ3n) is 4.65. The highest BCUT2D eigenvalue weighted by Crippen LogP contribution is 1.92. The first-order valence-corrected chi connectivity index (χ1v) is 12.5. The maximum absolute atomic E-state index is 11.2. The second-order valence-electron chi connectivity index (χ2n) is 7.68. The van der Waals surface area contributed by atoms with E-state index >= 15 is 0 Å². The second-order valence-corrected chi connectivity index (χ2v) is 7.68. The molecule has 0 atom stereocenters. The molecule has 0 unspecified atom stereocenters. The van der Waals surface area contributed by atoms with E-state index in [1.54, 1.807) is 6.92 Å². The van der Waals surface area contributed by atoms with Crippen LogP contribution in [0.25, 0.3) is 0 Å². The highest BCUT2D eigenvalue weighted by atomic mass is 16.6. The van der Waals surface area contributed by atoms with E-state index in [1.807, 2.05) is 6.20 Å². The first kappa shape index (κ1) is 32.2. The summed E-state index contributed by atoms with van der Waals surface area (Å²) in [4.78, 5) is 11.2. The lowest BCUT2D eigenvalue weighted by atomic mass is 10.4. The van der Waals surface area contributed by atoms with Crippen molar-refractivity contribution in [2.24, 2.45) is 0 Å². The maximum Gasteiger partial charge on any atom is 0.333 e. The summed E-state index contributed by atoms with van der Waals surface area (Å²) in [6, 6.07) is 0. The van der Waals surface area contributed by atoms with Crippen LogP contribution in [-0.4, -0.2) is 110 Å². The van der Waals surface area contributed by atoms with Crippen molar-refractivity contribution in [3.63, 3.8) is 0 Å². The summed E-state index contributed by atoms with van der Waals surface area (Å²) < 4.78 is 47.2. The van der Waals surface area contributed by atoms with Crippen molar-refractivity contribution in [3.05, 3.63) is 30.9 Å². The number of aryl methyl sites for hydroxylation is 1. The van der Waals surface area contributed by atoms with Gasteiger partial charge in [-0.2, -0.15) is 0 Å². The summed E-state index contributed by atoms with van der Waals surface area (Å²) in [6.07, 6.45) is 6.17. The lowest BCUT2D eigenvalue weighted by Crippen LogP contribution is -2.33. The summed E-state index contributed by atoms with van der Waals surface area (Å²) in [5.41, 5.74) is 0.375. The molecule has 36 heavy (non-hydrogen) atoms. The number of carbonyl (C=O) groups excluding carboxylic acids is 1. The molecule has 0 aliphatic heterocycles. The predicted octanol–water partition coefficient (Wildman–Crippen LogP) is 1.03. The first-order valence-electron chi connectivity index (χ1n) is 12.5. The fraction of sp³-hybridized carbons (Fsp3) is 0.760. The molecule has 1 rings (SSSR count). The van der Waals surface area contributed by atoms with Crippen LogP contribution in [0.4, 0.5) is 0 Å². The van der Waals surface area contributed by atoms with Gasteiger partial charge in [-0.1, -0.05) is 6.58 Å². The van der Waals surface area contributed by atoms with Crippen molar-refractivity contribution in [1.82, 2.24) is 4.57 Å². The molecule has 0 saturated carbocycles. The molecule has 0 fully saturated rings. The number of imidazole rings is 1. The topological polar surface area (TPSA) is 99.7 Å². The zero-order chi connectivity index (χ0) is 26.1. The van der Waals surface area contributed by atoms with Crippen LogP contribution in [0.15, 0.2) is 30.9 Å². The van der Waals surface area contributed by atoms with Gasteiger partial charge >= 0.3 is 5.97 Å². The Labute approximate surface area is 215 Å². The van der Waals surface area contributed by atoms with Crippen LogP contribution in [0.2, 0.25) is 0 Å². The molecule has 1 aromatic heterocycles. The van der Waals surface area contributed by atoms with Gasteiger partial charge < -0.3 is 37.9 Å². The molecule has 11 nitrogen and oxygen atoms in total. The van der Waals surface area contributed by atoms with Gasteiger partial charge in [-0.25, -0.2) is 13.9 Å². The monoisotopic (exact) mass is 517 g/mol. The third-order valence-corrected chi connectivity index (χ3v) is 4.65. The van der Waals surface area contributed by atoms with E-state index in [0.29, 0.717) is 98.1 Å². The van der Waals surface area contributed by atoms with Crippen molar-refractivity contribution in [2.75, 3.05) is 99.1 Å². The maximum atomic E-state index is 11.2. The highest BCUT2D eigenvalue weighted by Gasteiger charge is 2.02. The summed E-state index contributed by atoms with van der Waals surface area (Å²) >= 11 is 0. The Balaban J connectivity index is 1.67. The summed E-state index contributed by atoms with van der Waals surface area (Å²) in [7, 11) is 0. The summed E-state index contributed by atoms with van der Waals surface area (Å²) in [5.74, 6) is -0.407.